The zero-order valence-corrected chi connectivity index (χ0v) is 6.33. The second-order valence-corrected chi connectivity index (χ2v) is 7.82. The van der Waals surface area contributed by atoms with Crippen LogP contribution in [0.2, 0.25) is 19.6 Å². The zero-order valence-electron chi connectivity index (χ0n) is 5.33. The van der Waals surface area contributed by atoms with Crippen LogP contribution in [0.4, 0.5) is 8.78 Å². The van der Waals surface area contributed by atoms with Gasteiger partial charge in [0.1, 0.15) is 0 Å². The maximum absolute atomic E-state index is 11.4. The van der Waals surface area contributed by atoms with Gasteiger partial charge in [-0.15, -0.1) is 0 Å². The summed E-state index contributed by atoms with van der Waals surface area (Å²) in [5, 5.41) is 0. The maximum atomic E-state index is 11.4. The SMILES string of the molecule is C[Si](C)(C)C=C(F)F. The normalized spacial score (nSPS) is 11.1. The molecule has 0 atom stereocenters. The highest BCUT2D eigenvalue weighted by Crippen LogP contribution is 2.07. The van der Waals surface area contributed by atoms with Gasteiger partial charge in [0.05, 0.1) is 8.07 Å². The van der Waals surface area contributed by atoms with Crippen molar-refractivity contribution in [3.63, 3.8) is 0 Å². The minimum Gasteiger partial charge on any atom is -0.174 e. The van der Waals surface area contributed by atoms with E-state index in [1.165, 1.54) is 0 Å². The molecule has 0 bridgehead atoms. The first-order chi connectivity index (χ1) is 3.42. The van der Waals surface area contributed by atoms with Crippen molar-refractivity contribution >= 4 is 8.07 Å². The predicted octanol–water partition coefficient (Wildman–Crippen LogP) is 2.64. The van der Waals surface area contributed by atoms with Crippen LogP contribution in [0.3, 0.4) is 0 Å². The van der Waals surface area contributed by atoms with Gasteiger partial charge in [0, 0.05) is 0 Å². The summed E-state index contributed by atoms with van der Waals surface area (Å²) in [4.78, 5) is 0. The Morgan fingerprint density at radius 2 is 1.62 bits per heavy atom. The maximum Gasteiger partial charge on any atom is 0.262 e. The van der Waals surface area contributed by atoms with Crippen molar-refractivity contribution < 1.29 is 8.78 Å². The van der Waals surface area contributed by atoms with E-state index in [1.54, 1.807) is 0 Å². The van der Waals surface area contributed by atoms with Crippen molar-refractivity contribution in [3.05, 3.63) is 11.8 Å². The molecule has 0 N–H and O–H groups in total. The summed E-state index contributed by atoms with van der Waals surface area (Å²) >= 11 is 0. The summed E-state index contributed by atoms with van der Waals surface area (Å²) in [6, 6.07) is 0. The lowest BCUT2D eigenvalue weighted by Crippen LogP contribution is -2.15. The zero-order chi connectivity index (χ0) is 6.78. The van der Waals surface area contributed by atoms with Gasteiger partial charge in [-0.05, 0) is 5.70 Å². The number of rotatable bonds is 1. The van der Waals surface area contributed by atoms with E-state index in [2.05, 4.69) is 0 Å². The highest BCUT2D eigenvalue weighted by molar-refractivity contribution is 6.81. The highest BCUT2D eigenvalue weighted by Gasteiger charge is 2.10. The first-order valence-corrected chi connectivity index (χ1v) is 6.03. The third kappa shape index (κ3) is 5.82. The summed E-state index contributed by atoms with van der Waals surface area (Å²) in [7, 11) is -1.63. The van der Waals surface area contributed by atoms with Crippen molar-refractivity contribution in [2.24, 2.45) is 0 Å². The summed E-state index contributed by atoms with van der Waals surface area (Å²) < 4.78 is 22.9. The van der Waals surface area contributed by atoms with Crippen molar-refractivity contribution in [1.29, 1.82) is 0 Å². The second-order valence-electron chi connectivity index (χ2n) is 2.80. The van der Waals surface area contributed by atoms with Crippen molar-refractivity contribution in [2.75, 3.05) is 0 Å². The monoisotopic (exact) mass is 136 g/mol. The Bertz CT molecular complexity index is 97.5. The molecule has 0 aromatic carbocycles. The van der Waals surface area contributed by atoms with Gasteiger partial charge in [-0.25, -0.2) is 0 Å². The first-order valence-electron chi connectivity index (χ1n) is 2.46. The predicted molar refractivity (Wildman–Crippen MR) is 33.6 cm³/mol. The average molecular weight is 136 g/mol. The van der Waals surface area contributed by atoms with Crippen LogP contribution in [-0.2, 0) is 0 Å². The molecule has 0 aliphatic carbocycles. The van der Waals surface area contributed by atoms with Gasteiger partial charge < -0.3 is 0 Å². The Balaban J connectivity index is 3.89. The minimum absolute atomic E-state index is 1.08. The van der Waals surface area contributed by atoms with Gasteiger partial charge >= 0.3 is 0 Å². The highest BCUT2D eigenvalue weighted by atomic mass is 28.3. The van der Waals surface area contributed by atoms with E-state index in [0.717, 1.165) is 5.70 Å². The molecule has 0 rings (SSSR count). The third-order valence-electron chi connectivity index (χ3n) is 0.542. The van der Waals surface area contributed by atoms with Crippen LogP contribution in [0.1, 0.15) is 0 Å². The van der Waals surface area contributed by atoms with Crippen molar-refractivity contribution in [2.45, 2.75) is 19.6 Å². The summed E-state index contributed by atoms with van der Waals surface area (Å²) in [6.07, 6.45) is -1.54. The molecule has 0 spiro atoms. The van der Waals surface area contributed by atoms with Crippen LogP contribution in [0.5, 0.6) is 0 Å². The van der Waals surface area contributed by atoms with E-state index in [4.69, 9.17) is 0 Å². The van der Waals surface area contributed by atoms with Crippen LogP contribution >= 0.6 is 0 Å². The van der Waals surface area contributed by atoms with Gasteiger partial charge in [-0.2, -0.15) is 8.78 Å². The molecule has 0 fully saturated rings. The van der Waals surface area contributed by atoms with Gasteiger partial charge in [-0.1, -0.05) is 19.6 Å². The molecule has 48 valence electrons. The molecule has 0 amide bonds. The van der Waals surface area contributed by atoms with Crippen LogP contribution in [0.15, 0.2) is 11.8 Å². The molecule has 0 radical (unpaired) electrons. The molecule has 0 saturated heterocycles. The Morgan fingerprint density at radius 3 is 1.62 bits per heavy atom. The number of halogens is 2. The van der Waals surface area contributed by atoms with Gasteiger partial charge in [0.15, 0.2) is 0 Å². The van der Waals surface area contributed by atoms with Crippen LogP contribution in [0, 0.1) is 0 Å². The molecule has 0 aromatic heterocycles. The van der Waals surface area contributed by atoms with E-state index in [1.807, 2.05) is 19.6 Å². The summed E-state index contributed by atoms with van der Waals surface area (Å²) in [5.41, 5.74) is 1.08. The molecule has 0 heterocycles. The first kappa shape index (κ1) is 7.82. The number of hydrogen-bond acceptors (Lipinski definition) is 0. The van der Waals surface area contributed by atoms with Crippen LogP contribution in [0.25, 0.3) is 0 Å². The lowest BCUT2D eigenvalue weighted by atomic mass is 11.1. The average Bonchev–Trinajstić information content (AvgIpc) is 1.21. The molecule has 0 nitrogen and oxygen atoms in total. The fraction of sp³-hybridized carbons (Fsp3) is 0.600. The van der Waals surface area contributed by atoms with Crippen molar-refractivity contribution in [3.8, 4) is 0 Å². The van der Waals surface area contributed by atoms with E-state index in [0.29, 0.717) is 0 Å². The Hall–Kier alpha value is -0.183. The number of hydrogen-bond donors (Lipinski definition) is 0. The van der Waals surface area contributed by atoms with E-state index in [-0.39, 0.29) is 0 Å². The van der Waals surface area contributed by atoms with Gasteiger partial charge in [-0.3, -0.25) is 0 Å². The summed E-state index contributed by atoms with van der Waals surface area (Å²) in [5.74, 6) is 0. The Morgan fingerprint density at radius 1 is 1.25 bits per heavy atom. The topological polar surface area (TPSA) is 0 Å². The Kier molecular flexibility index (Phi) is 2.34. The van der Waals surface area contributed by atoms with E-state index >= 15 is 0 Å². The van der Waals surface area contributed by atoms with Crippen LogP contribution in [-0.4, -0.2) is 8.07 Å². The lowest BCUT2D eigenvalue weighted by molar-refractivity contribution is 0.423. The molecule has 8 heavy (non-hydrogen) atoms. The molecule has 0 aromatic rings. The largest absolute Gasteiger partial charge is 0.262 e. The molecule has 0 aliphatic rings. The van der Waals surface area contributed by atoms with Crippen molar-refractivity contribution in [1.82, 2.24) is 0 Å². The quantitative estimate of drug-likeness (QED) is 0.486. The summed E-state index contributed by atoms with van der Waals surface area (Å²) in [6.45, 7) is 5.60. The molecule has 0 saturated carbocycles. The molecule has 0 unspecified atom stereocenters. The second kappa shape index (κ2) is 2.39. The molecular formula is C5H10F2Si. The molecule has 3 heteroatoms. The fourth-order valence-electron chi connectivity index (χ4n) is 0.327. The molecule has 0 aliphatic heterocycles. The smallest absolute Gasteiger partial charge is 0.174 e. The minimum atomic E-state index is -1.63. The lowest BCUT2D eigenvalue weighted by Gasteiger charge is -2.05. The third-order valence-corrected chi connectivity index (χ3v) is 1.63. The van der Waals surface area contributed by atoms with E-state index < -0.39 is 14.2 Å². The fourth-order valence-corrected chi connectivity index (χ4v) is 0.982. The van der Waals surface area contributed by atoms with Gasteiger partial charge in [0.25, 0.3) is 6.08 Å². The molecular weight excluding hydrogens is 126 g/mol. The standard InChI is InChI=1S/C5H10F2Si/c1-8(2,3)4-5(6)7/h4H,1-3H3. The van der Waals surface area contributed by atoms with Gasteiger partial charge in [0.2, 0.25) is 0 Å². The van der Waals surface area contributed by atoms with E-state index in [9.17, 15) is 8.78 Å². The Labute approximate surface area is 49.2 Å². The van der Waals surface area contributed by atoms with Crippen LogP contribution < -0.4 is 0 Å².